The summed E-state index contributed by atoms with van der Waals surface area (Å²) < 4.78 is 1.69. The molecule has 0 aliphatic carbocycles. The minimum absolute atomic E-state index is 0.290. The highest BCUT2D eigenvalue weighted by Gasteiger charge is 2.18. The van der Waals surface area contributed by atoms with E-state index in [1.54, 1.807) is 24.3 Å². The van der Waals surface area contributed by atoms with Crippen LogP contribution >= 0.6 is 27.7 Å². The van der Waals surface area contributed by atoms with Gasteiger partial charge in [0.05, 0.1) is 5.56 Å². The van der Waals surface area contributed by atoms with Crippen LogP contribution in [-0.2, 0) is 4.84 Å². The molecule has 1 aromatic rings. The van der Waals surface area contributed by atoms with Gasteiger partial charge in [0.25, 0.3) is 0 Å². The number of nitrogens with one attached hydrogen (secondary N) is 1. The molecule has 0 saturated carbocycles. The number of rotatable bonds is 3. The van der Waals surface area contributed by atoms with Crippen LogP contribution in [0.15, 0.2) is 28.7 Å². The zero-order chi connectivity index (χ0) is 13.1. The molecule has 0 fully saturated rings. The van der Waals surface area contributed by atoms with Crippen molar-refractivity contribution in [2.75, 3.05) is 0 Å². The third-order valence-electron chi connectivity index (χ3n) is 1.67. The Morgan fingerprint density at radius 1 is 1.35 bits per heavy atom. The Balaban J connectivity index is 2.57. The third kappa shape index (κ3) is 5.50. The Morgan fingerprint density at radius 3 is 2.35 bits per heavy atom. The Kier molecular flexibility index (Phi) is 4.94. The van der Waals surface area contributed by atoms with Gasteiger partial charge in [0, 0.05) is 26.5 Å². The highest BCUT2D eigenvalue weighted by Crippen LogP contribution is 2.12. The second-order valence-electron chi connectivity index (χ2n) is 4.49. The highest BCUT2D eigenvalue weighted by molar-refractivity contribution is 9.10. The Morgan fingerprint density at radius 2 is 1.88 bits per heavy atom. The molecule has 0 aliphatic heterocycles. The maximum atomic E-state index is 11.6. The number of hydrogen-bond donors (Lipinski definition) is 1. The first-order chi connectivity index (χ1) is 7.78. The van der Waals surface area contributed by atoms with Crippen LogP contribution in [0.25, 0.3) is 0 Å². The van der Waals surface area contributed by atoms with E-state index in [-0.39, 0.29) is 5.54 Å². The lowest BCUT2D eigenvalue weighted by Crippen LogP contribution is -2.45. The first kappa shape index (κ1) is 14.4. The van der Waals surface area contributed by atoms with Crippen LogP contribution in [0, 0.1) is 0 Å². The van der Waals surface area contributed by atoms with E-state index >= 15 is 0 Å². The van der Waals surface area contributed by atoms with E-state index in [0.29, 0.717) is 5.56 Å². The van der Waals surface area contributed by atoms with Crippen molar-refractivity contribution in [1.29, 1.82) is 0 Å². The van der Waals surface area contributed by atoms with Gasteiger partial charge < -0.3 is 4.84 Å². The number of halogens is 2. The molecule has 0 unspecified atom stereocenters. The van der Waals surface area contributed by atoms with Crippen molar-refractivity contribution in [3.8, 4) is 0 Å². The quantitative estimate of drug-likeness (QED) is 0.685. The molecule has 0 aliphatic rings. The van der Waals surface area contributed by atoms with E-state index in [0.717, 1.165) is 9.16 Å². The Labute approximate surface area is 114 Å². The molecule has 17 heavy (non-hydrogen) atoms. The summed E-state index contributed by atoms with van der Waals surface area (Å²) in [5.74, 6) is -0.524. The van der Waals surface area contributed by atoms with Gasteiger partial charge in [0.15, 0.2) is 0 Å². The van der Waals surface area contributed by atoms with Gasteiger partial charge in [-0.3, -0.25) is 0 Å². The lowest BCUT2D eigenvalue weighted by molar-refractivity contribution is -0.0896. The van der Waals surface area contributed by atoms with Crippen LogP contribution < -0.4 is 5.43 Å². The summed E-state index contributed by atoms with van der Waals surface area (Å²) in [5.41, 5.74) is 2.91. The van der Waals surface area contributed by atoms with E-state index in [1.807, 2.05) is 20.8 Å². The lowest BCUT2D eigenvalue weighted by atomic mass is 10.1. The molecule has 1 N–H and O–H groups in total. The van der Waals surface area contributed by atoms with Gasteiger partial charge in [0.1, 0.15) is 0 Å². The van der Waals surface area contributed by atoms with Crippen molar-refractivity contribution in [2.45, 2.75) is 26.3 Å². The van der Waals surface area contributed by atoms with E-state index in [1.165, 1.54) is 0 Å². The van der Waals surface area contributed by atoms with Crippen molar-refractivity contribution in [1.82, 2.24) is 10.1 Å². The lowest BCUT2D eigenvalue weighted by Gasteiger charge is -2.24. The summed E-state index contributed by atoms with van der Waals surface area (Å²) in [6.07, 6.45) is 0. The summed E-state index contributed by atoms with van der Waals surface area (Å²) in [7, 11) is 0. The van der Waals surface area contributed by atoms with E-state index in [9.17, 15) is 4.79 Å². The van der Waals surface area contributed by atoms with Crippen molar-refractivity contribution in [3.63, 3.8) is 0 Å². The molecule has 1 aromatic carbocycles. The van der Waals surface area contributed by atoms with E-state index in [4.69, 9.17) is 16.6 Å². The first-order valence-electron chi connectivity index (χ1n) is 4.99. The fourth-order valence-corrected chi connectivity index (χ4v) is 1.58. The molecule has 0 saturated heterocycles. The molecular weight excluding hydrogens is 307 g/mol. The Bertz CT molecular complexity index is 389. The van der Waals surface area contributed by atoms with Gasteiger partial charge in [-0.2, -0.15) is 0 Å². The number of nitrogens with zero attached hydrogens (tertiary/aromatic N) is 1. The van der Waals surface area contributed by atoms with Crippen LogP contribution in [0.3, 0.4) is 0 Å². The molecule has 0 amide bonds. The number of hydrazine groups is 1. The first-order valence-corrected chi connectivity index (χ1v) is 6.12. The topological polar surface area (TPSA) is 41.6 Å². The summed E-state index contributed by atoms with van der Waals surface area (Å²) >= 11 is 9.00. The van der Waals surface area contributed by atoms with Crippen LogP contribution in [0.1, 0.15) is 31.1 Å². The largest absolute Gasteiger partial charge is 0.359 e. The van der Waals surface area contributed by atoms with Gasteiger partial charge in [-0.1, -0.05) is 15.9 Å². The molecule has 0 spiro atoms. The second-order valence-corrected chi connectivity index (χ2v) is 5.71. The number of carbonyl (C=O) groups excluding carboxylic acids is 1. The van der Waals surface area contributed by atoms with Gasteiger partial charge in [-0.25, -0.2) is 10.2 Å². The fraction of sp³-hybridized carbons (Fsp3) is 0.364. The molecule has 1 rings (SSSR count). The third-order valence-corrected chi connectivity index (χ3v) is 2.35. The van der Waals surface area contributed by atoms with Crippen LogP contribution in [0.4, 0.5) is 0 Å². The van der Waals surface area contributed by atoms with Gasteiger partial charge >= 0.3 is 5.97 Å². The molecular formula is C11H14BrClN2O2. The number of benzene rings is 1. The number of hydrogen-bond acceptors (Lipinski definition) is 4. The molecule has 6 heteroatoms. The predicted molar refractivity (Wildman–Crippen MR) is 70.1 cm³/mol. The molecule has 94 valence electrons. The van der Waals surface area contributed by atoms with Crippen LogP contribution in [0.2, 0.25) is 0 Å². The SMILES string of the molecule is CC(C)(C)NN(Cl)OC(=O)c1ccc(Br)cc1. The molecule has 0 bridgehead atoms. The molecule has 0 radical (unpaired) electrons. The van der Waals surface area contributed by atoms with Gasteiger partial charge in [0.2, 0.25) is 0 Å². The minimum atomic E-state index is -0.524. The van der Waals surface area contributed by atoms with Gasteiger partial charge in [-0.15, -0.1) is 0 Å². The molecule has 0 heterocycles. The predicted octanol–water partition coefficient (Wildman–Crippen LogP) is 3.28. The van der Waals surface area contributed by atoms with Crippen molar-refractivity contribution in [3.05, 3.63) is 34.3 Å². The highest BCUT2D eigenvalue weighted by atomic mass is 79.9. The average molecular weight is 322 g/mol. The van der Waals surface area contributed by atoms with Crippen molar-refractivity contribution < 1.29 is 9.63 Å². The zero-order valence-electron chi connectivity index (χ0n) is 9.83. The number of carbonyl (C=O) groups is 1. The maximum absolute atomic E-state index is 11.6. The van der Waals surface area contributed by atoms with Crippen molar-refractivity contribution in [2.24, 2.45) is 0 Å². The second kappa shape index (κ2) is 5.82. The minimum Gasteiger partial charge on any atom is -0.332 e. The molecule has 0 aromatic heterocycles. The average Bonchev–Trinajstić information content (AvgIpc) is 2.15. The normalized spacial score (nSPS) is 11.6. The fourth-order valence-electron chi connectivity index (χ4n) is 0.998. The monoisotopic (exact) mass is 320 g/mol. The zero-order valence-corrected chi connectivity index (χ0v) is 12.2. The van der Waals surface area contributed by atoms with Crippen LogP contribution in [0.5, 0.6) is 0 Å². The maximum Gasteiger partial charge on any atom is 0.359 e. The summed E-state index contributed by atoms with van der Waals surface area (Å²) in [6.45, 7) is 5.70. The molecule has 4 nitrogen and oxygen atoms in total. The van der Waals surface area contributed by atoms with Crippen molar-refractivity contribution >= 4 is 33.7 Å². The summed E-state index contributed by atoms with van der Waals surface area (Å²) in [6, 6.07) is 6.81. The smallest absolute Gasteiger partial charge is 0.332 e. The summed E-state index contributed by atoms with van der Waals surface area (Å²) in [4.78, 5) is 16.5. The standard InChI is InChI=1S/C11H14BrClN2O2/c1-11(2,3)14-15(13)17-10(16)8-4-6-9(12)7-5-8/h4-7,14H,1-3H3. The van der Waals surface area contributed by atoms with Crippen LogP contribution in [-0.4, -0.2) is 16.2 Å². The van der Waals surface area contributed by atoms with E-state index in [2.05, 4.69) is 21.4 Å². The van der Waals surface area contributed by atoms with E-state index < -0.39 is 5.97 Å². The summed E-state index contributed by atoms with van der Waals surface area (Å²) in [5, 5.41) is 0. The Hall–Kier alpha value is -0.620. The molecule has 0 atom stereocenters. The van der Waals surface area contributed by atoms with Gasteiger partial charge in [-0.05, 0) is 45.0 Å².